The molecule has 0 aliphatic rings. The van der Waals surface area contributed by atoms with Crippen LogP contribution in [0.3, 0.4) is 0 Å². The Kier molecular flexibility index (Phi) is 9.29. The Morgan fingerprint density at radius 3 is 2.33 bits per heavy atom. The van der Waals surface area contributed by atoms with Crippen LogP contribution in [0.5, 0.6) is 17.2 Å². The first-order valence-corrected chi connectivity index (χ1v) is 9.20. The van der Waals surface area contributed by atoms with Crippen molar-refractivity contribution in [1.82, 2.24) is 0 Å². The summed E-state index contributed by atoms with van der Waals surface area (Å²) in [6, 6.07) is 13.3. The van der Waals surface area contributed by atoms with Gasteiger partial charge in [0.1, 0.15) is 29.9 Å². The average molecular weight is 411 g/mol. The average Bonchev–Trinajstić information content (AvgIpc) is 2.63. The van der Waals surface area contributed by atoms with Crippen molar-refractivity contribution < 1.29 is 9.47 Å². The Balaban J connectivity index is 0.00000139. The molecule has 128 valence electrons. The molecule has 0 N–H and O–H groups in total. The maximum atomic E-state index is 9.34. The number of hydrogen-bond acceptors (Lipinski definition) is 3. The smallest absolute Gasteiger partial charge is 0.140 e. The number of ether oxygens (including phenoxy) is 2. The van der Waals surface area contributed by atoms with Crippen molar-refractivity contribution in [2.45, 2.75) is 27.2 Å². The molecule has 0 unspecified atom stereocenters. The fourth-order valence-electron chi connectivity index (χ4n) is 2.01. The largest absolute Gasteiger partial charge is 0.491 e. The molecule has 0 heterocycles. The Bertz CT molecular complexity index is 681. The van der Waals surface area contributed by atoms with E-state index in [0.29, 0.717) is 35.3 Å². The number of nitriles is 1. The van der Waals surface area contributed by atoms with Gasteiger partial charge in [0.2, 0.25) is 0 Å². The zero-order valence-corrected chi connectivity index (χ0v) is 16.4. The normalized spacial score (nSPS) is 9.50. The lowest BCUT2D eigenvalue weighted by atomic mass is 10.1. The third-order valence-corrected chi connectivity index (χ3v) is 3.70. The Morgan fingerprint density at radius 1 is 1.12 bits per heavy atom. The van der Waals surface area contributed by atoms with E-state index in [0.717, 1.165) is 16.5 Å². The summed E-state index contributed by atoms with van der Waals surface area (Å²) >= 11 is 9.04. The van der Waals surface area contributed by atoms with Crippen molar-refractivity contribution in [2.75, 3.05) is 12.5 Å². The fraction of sp³-hybridized carbons (Fsp3) is 0.316. The summed E-state index contributed by atoms with van der Waals surface area (Å²) in [6.07, 6.45) is 0.740. The highest BCUT2D eigenvalue weighted by molar-refractivity contribution is 9.10. The van der Waals surface area contributed by atoms with Gasteiger partial charge in [-0.1, -0.05) is 36.7 Å². The molecule has 0 spiro atoms. The van der Waals surface area contributed by atoms with Gasteiger partial charge in [-0.3, -0.25) is 0 Å². The second kappa shape index (κ2) is 11.0. The molecule has 0 aliphatic carbocycles. The van der Waals surface area contributed by atoms with Gasteiger partial charge in [0.15, 0.2) is 0 Å². The molecule has 2 aromatic rings. The number of alkyl halides is 1. The first kappa shape index (κ1) is 20.3. The third-order valence-electron chi connectivity index (χ3n) is 3.01. The maximum Gasteiger partial charge on any atom is 0.140 e. The molecule has 0 aromatic heterocycles. The van der Waals surface area contributed by atoms with Crippen LogP contribution in [0.15, 0.2) is 40.9 Å². The van der Waals surface area contributed by atoms with Crippen LogP contribution < -0.4 is 9.47 Å². The summed E-state index contributed by atoms with van der Waals surface area (Å²) in [7, 11) is 0. The van der Waals surface area contributed by atoms with E-state index >= 15 is 0 Å². The monoisotopic (exact) mass is 409 g/mol. The maximum absolute atomic E-state index is 9.34. The SMILES string of the molecule is CC.CCc1cc(Oc2ccc(Br)cc2)cc(C#N)c1OCCCl. The van der Waals surface area contributed by atoms with Crippen LogP contribution in [0.25, 0.3) is 0 Å². The minimum absolute atomic E-state index is 0.371. The molecule has 0 saturated carbocycles. The van der Waals surface area contributed by atoms with Gasteiger partial charge >= 0.3 is 0 Å². The summed E-state index contributed by atoms with van der Waals surface area (Å²) < 4.78 is 12.4. The lowest BCUT2D eigenvalue weighted by Gasteiger charge is -2.14. The lowest BCUT2D eigenvalue weighted by molar-refractivity contribution is 0.337. The third kappa shape index (κ3) is 5.74. The van der Waals surface area contributed by atoms with Crippen LogP contribution in [0.4, 0.5) is 0 Å². The van der Waals surface area contributed by atoms with E-state index in [1.165, 1.54) is 0 Å². The number of nitrogens with zero attached hydrogens (tertiary/aromatic N) is 1. The number of rotatable bonds is 6. The van der Waals surface area contributed by atoms with Gasteiger partial charge in [-0.2, -0.15) is 5.26 Å². The summed E-state index contributed by atoms with van der Waals surface area (Å²) in [6.45, 7) is 6.38. The van der Waals surface area contributed by atoms with Crippen LogP contribution >= 0.6 is 27.5 Å². The van der Waals surface area contributed by atoms with Gasteiger partial charge in [0, 0.05) is 10.5 Å². The summed E-state index contributed by atoms with van der Waals surface area (Å²) in [4.78, 5) is 0. The topological polar surface area (TPSA) is 42.2 Å². The van der Waals surface area contributed by atoms with Crippen LogP contribution in [0.1, 0.15) is 31.9 Å². The molecular formula is C19H21BrClNO2. The van der Waals surface area contributed by atoms with Gasteiger partial charge in [0.05, 0.1) is 11.4 Å². The van der Waals surface area contributed by atoms with Crippen molar-refractivity contribution in [3.8, 4) is 23.3 Å². The minimum Gasteiger partial charge on any atom is -0.491 e. The molecule has 0 bridgehead atoms. The number of halogens is 2. The van der Waals surface area contributed by atoms with E-state index in [2.05, 4.69) is 22.0 Å². The summed E-state index contributed by atoms with van der Waals surface area (Å²) in [5, 5.41) is 9.34. The van der Waals surface area contributed by atoms with Crippen molar-refractivity contribution in [2.24, 2.45) is 0 Å². The molecule has 0 atom stereocenters. The van der Waals surface area contributed by atoms with Crippen molar-refractivity contribution in [3.63, 3.8) is 0 Å². The van der Waals surface area contributed by atoms with Crippen molar-refractivity contribution in [3.05, 3.63) is 52.0 Å². The van der Waals surface area contributed by atoms with Gasteiger partial charge in [-0.25, -0.2) is 0 Å². The molecule has 0 amide bonds. The van der Waals surface area contributed by atoms with E-state index in [4.69, 9.17) is 21.1 Å². The molecule has 24 heavy (non-hydrogen) atoms. The van der Waals surface area contributed by atoms with Crippen LogP contribution in [0.2, 0.25) is 0 Å². The van der Waals surface area contributed by atoms with Gasteiger partial charge < -0.3 is 9.47 Å². The standard InChI is InChI=1S/C17H15BrClNO2.C2H6/c1-2-12-9-16(22-15-5-3-14(18)4-6-15)10-13(11-20)17(12)21-8-7-19;1-2/h3-6,9-10H,2,7-8H2,1H3;1-2H3. The zero-order chi connectivity index (χ0) is 17.9. The summed E-state index contributed by atoms with van der Waals surface area (Å²) in [5.41, 5.74) is 1.38. The van der Waals surface area contributed by atoms with Crippen molar-refractivity contribution in [1.29, 1.82) is 5.26 Å². The molecule has 2 aromatic carbocycles. The summed E-state index contributed by atoms with van der Waals surface area (Å²) in [5.74, 6) is 2.30. The van der Waals surface area contributed by atoms with E-state index < -0.39 is 0 Å². The highest BCUT2D eigenvalue weighted by Gasteiger charge is 2.12. The fourth-order valence-corrected chi connectivity index (χ4v) is 2.36. The second-order valence-electron chi connectivity index (χ2n) is 4.52. The number of benzene rings is 2. The van der Waals surface area contributed by atoms with E-state index in [-0.39, 0.29) is 0 Å². The van der Waals surface area contributed by atoms with E-state index in [1.54, 1.807) is 6.07 Å². The predicted molar refractivity (Wildman–Crippen MR) is 102 cm³/mol. The second-order valence-corrected chi connectivity index (χ2v) is 5.81. The highest BCUT2D eigenvalue weighted by atomic mass is 79.9. The van der Waals surface area contributed by atoms with Crippen LogP contribution in [-0.2, 0) is 6.42 Å². The Hall–Kier alpha value is -1.70. The minimum atomic E-state index is 0.371. The Labute approximate surface area is 157 Å². The van der Waals surface area contributed by atoms with Gasteiger partial charge in [-0.05, 0) is 42.3 Å². The predicted octanol–water partition coefficient (Wildman–Crippen LogP) is 6.32. The molecule has 3 nitrogen and oxygen atoms in total. The first-order valence-electron chi connectivity index (χ1n) is 7.87. The lowest BCUT2D eigenvalue weighted by Crippen LogP contribution is -2.03. The van der Waals surface area contributed by atoms with Crippen molar-refractivity contribution >= 4 is 27.5 Å². The van der Waals surface area contributed by atoms with Crippen LogP contribution in [-0.4, -0.2) is 12.5 Å². The van der Waals surface area contributed by atoms with Gasteiger partial charge in [0.25, 0.3) is 0 Å². The van der Waals surface area contributed by atoms with E-state index in [1.807, 2.05) is 51.1 Å². The quantitative estimate of drug-likeness (QED) is 0.523. The molecule has 2 rings (SSSR count). The molecule has 5 heteroatoms. The number of hydrogen-bond donors (Lipinski definition) is 0. The van der Waals surface area contributed by atoms with Crippen LogP contribution in [0, 0.1) is 11.3 Å². The zero-order valence-electron chi connectivity index (χ0n) is 14.1. The molecule has 0 fully saturated rings. The van der Waals surface area contributed by atoms with E-state index in [9.17, 15) is 5.26 Å². The number of aryl methyl sites for hydroxylation is 1. The molecular weight excluding hydrogens is 390 g/mol. The molecule has 0 aliphatic heterocycles. The molecule has 0 radical (unpaired) electrons. The first-order chi connectivity index (χ1) is 11.7. The Morgan fingerprint density at radius 2 is 1.79 bits per heavy atom. The van der Waals surface area contributed by atoms with Gasteiger partial charge in [-0.15, -0.1) is 11.6 Å². The highest BCUT2D eigenvalue weighted by Crippen LogP contribution is 2.32. The molecule has 0 saturated heterocycles.